The van der Waals surface area contributed by atoms with E-state index in [1.807, 2.05) is 0 Å². The highest BCUT2D eigenvalue weighted by atomic mass is 32.1. The van der Waals surface area contributed by atoms with Crippen LogP contribution in [0.5, 0.6) is 5.88 Å². The lowest BCUT2D eigenvalue weighted by molar-refractivity contribution is 0.0954. The van der Waals surface area contributed by atoms with Crippen LogP contribution in [0.3, 0.4) is 0 Å². The number of hydrogen-bond donors (Lipinski definition) is 1. The second kappa shape index (κ2) is 15.4. The Labute approximate surface area is 219 Å². The van der Waals surface area contributed by atoms with Gasteiger partial charge < -0.3 is 14.9 Å². The topological polar surface area (TPSA) is 91.2 Å². The van der Waals surface area contributed by atoms with Crippen LogP contribution < -0.4 is 10.5 Å². The number of unbranched alkanes of at least 4 members (excludes halogenated alkanes) is 11. The summed E-state index contributed by atoms with van der Waals surface area (Å²) < 4.78 is 10.7. The van der Waals surface area contributed by atoms with Crippen molar-refractivity contribution in [3.63, 3.8) is 0 Å². The summed E-state index contributed by atoms with van der Waals surface area (Å²) in [7, 11) is 1.56. The van der Waals surface area contributed by atoms with Gasteiger partial charge in [0.15, 0.2) is 16.6 Å². The fourth-order valence-corrected chi connectivity index (χ4v) is 5.57. The lowest BCUT2D eigenvalue weighted by Crippen LogP contribution is -2.12. The Hall–Kier alpha value is -2.67. The summed E-state index contributed by atoms with van der Waals surface area (Å²) >= 11 is 1.48. The summed E-state index contributed by atoms with van der Waals surface area (Å²) in [5.74, 6) is 0.816. The molecular weight excluding hydrogens is 470 g/mol. The Morgan fingerprint density at radius 2 is 1.67 bits per heavy atom. The number of nitrogens with zero attached hydrogens (tertiary/aromatic N) is 2. The fraction of sp³-hybridized carbons (Fsp3) is 0.552. The van der Waals surface area contributed by atoms with Crippen LogP contribution in [0, 0.1) is 0 Å². The van der Waals surface area contributed by atoms with Crippen LogP contribution in [0.1, 0.15) is 112 Å². The number of aromatic nitrogens is 2. The molecule has 36 heavy (non-hydrogen) atoms. The van der Waals surface area contributed by atoms with Gasteiger partial charge in [0.05, 0.1) is 25.0 Å². The normalized spacial score (nSPS) is 12.1. The second-order valence-electron chi connectivity index (χ2n) is 9.45. The lowest BCUT2D eigenvalue weighted by Gasteiger charge is -2.14. The highest BCUT2D eigenvalue weighted by Gasteiger charge is 2.25. The first kappa shape index (κ1) is 27.9. The molecular formula is C29H41N3O3S. The van der Waals surface area contributed by atoms with Crippen molar-refractivity contribution in [1.29, 1.82) is 0 Å². The zero-order valence-corrected chi connectivity index (χ0v) is 22.7. The van der Waals surface area contributed by atoms with Crippen molar-refractivity contribution in [2.75, 3.05) is 12.8 Å². The minimum Gasteiger partial charge on any atom is -0.481 e. The van der Waals surface area contributed by atoms with Gasteiger partial charge in [-0.1, -0.05) is 84.0 Å². The third kappa shape index (κ3) is 8.47. The van der Waals surface area contributed by atoms with Crippen molar-refractivity contribution in [3.8, 4) is 16.6 Å². The number of nitrogen functional groups attached to an aromatic ring is 1. The molecule has 0 amide bonds. The van der Waals surface area contributed by atoms with Gasteiger partial charge in [0, 0.05) is 35.0 Å². The number of ether oxygens (including phenoxy) is 1. The lowest BCUT2D eigenvalue weighted by atomic mass is 9.91. The Morgan fingerprint density at radius 3 is 2.28 bits per heavy atom. The monoisotopic (exact) mass is 511 g/mol. The number of hydrogen-bond acceptors (Lipinski definition) is 7. The van der Waals surface area contributed by atoms with Crippen LogP contribution in [-0.2, 0) is 0 Å². The van der Waals surface area contributed by atoms with Gasteiger partial charge in [0.2, 0.25) is 5.88 Å². The molecule has 196 valence electrons. The standard InChI is InChI=1S/C29H41N3O3S/c1-3-4-5-6-7-8-9-10-11-12-13-14-15-23(27(33)22-16-18-31-26(20-22)34-2)25-21-32-29(36-25)28-24(30)17-19-35-28/h16-21,23H,3-15,30H2,1-2H3. The van der Waals surface area contributed by atoms with Gasteiger partial charge in [-0.2, -0.15) is 0 Å². The molecule has 0 fully saturated rings. The molecule has 2 N–H and O–H groups in total. The summed E-state index contributed by atoms with van der Waals surface area (Å²) in [5, 5.41) is 0.701. The van der Waals surface area contributed by atoms with E-state index in [0.29, 0.717) is 27.9 Å². The SMILES string of the molecule is CCCCCCCCCCCCCCC(C(=O)c1ccnc(OC)c1)c1cnc(-c2occc2N)s1. The zero-order chi connectivity index (χ0) is 25.6. The molecule has 0 aliphatic heterocycles. The number of thiazole rings is 1. The molecule has 0 aliphatic rings. The molecule has 0 radical (unpaired) electrons. The molecule has 3 aromatic rings. The van der Waals surface area contributed by atoms with E-state index in [1.54, 1.807) is 44.0 Å². The van der Waals surface area contributed by atoms with Crippen molar-refractivity contribution in [2.45, 2.75) is 96.3 Å². The predicted molar refractivity (Wildman–Crippen MR) is 148 cm³/mol. The van der Waals surface area contributed by atoms with Gasteiger partial charge in [-0.15, -0.1) is 11.3 Å². The van der Waals surface area contributed by atoms with Crippen LogP contribution >= 0.6 is 11.3 Å². The first-order valence-electron chi connectivity index (χ1n) is 13.5. The molecule has 3 heterocycles. The molecule has 0 spiro atoms. The minimum absolute atomic E-state index is 0.0707. The molecule has 1 unspecified atom stereocenters. The number of nitrogens with two attached hydrogens (primary N) is 1. The molecule has 0 bridgehead atoms. The molecule has 7 heteroatoms. The van der Waals surface area contributed by atoms with Crippen LogP contribution in [0.15, 0.2) is 41.3 Å². The van der Waals surface area contributed by atoms with E-state index in [1.165, 1.54) is 75.5 Å². The van der Waals surface area contributed by atoms with Gasteiger partial charge in [-0.25, -0.2) is 9.97 Å². The van der Waals surface area contributed by atoms with Crippen molar-refractivity contribution in [2.24, 2.45) is 0 Å². The van der Waals surface area contributed by atoms with E-state index in [-0.39, 0.29) is 11.7 Å². The number of ketones is 1. The summed E-state index contributed by atoms with van der Waals surface area (Å²) in [4.78, 5) is 23.2. The van der Waals surface area contributed by atoms with Crippen LogP contribution in [0.4, 0.5) is 5.69 Å². The first-order valence-corrected chi connectivity index (χ1v) is 14.3. The number of Topliss-reactive ketones (excluding diaryl/α,β-unsaturated/α-hetero) is 1. The third-order valence-corrected chi connectivity index (χ3v) is 7.76. The van der Waals surface area contributed by atoms with Crippen molar-refractivity contribution >= 4 is 22.8 Å². The average molecular weight is 512 g/mol. The molecule has 0 aliphatic carbocycles. The number of furan rings is 1. The summed E-state index contributed by atoms with van der Waals surface area (Å²) in [6, 6.07) is 5.19. The van der Waals surface area contributed by atoms with Gasteiger partial charge in [-0.3, -0.25) is 4.79 Å². The van der Waals surface area contributed by atoms with E-state index >= 15 is 0 Å². The van der Waals surface area contributed by atoms with Crippen LogP contribution in [-0.4, -0.2) is 22.9 Å². The Balaban J connectivity index is 1.53. The Bertz CT molecular complexity index is 1050. The quantitative estimate of drug-likeness (QED) is 0.136. The molecule has 6 nitrogen and oxygen atoms in total. The predicted octanol–water partition coefficient (Wildman–Crippen LogP) is 8.45. The number of rotatable bonds is 18. The summed E-state index contributed by atoms with van der Waals surface area (Å²) in [5.41, 5.74) is 7.17. The molecule has 0 saturated heterocycles. The number of pyridine rings is 1. The van der Waals surface area contributed by atoms with Gasteiger partial charge in [0.25, 0.3) is 0 Å². The number of methoxy groups -OCH3 is 1. The largest absolute Gasteiger partial charge is 0.481 e. The van der Waals surface area contributed by atoms with Crippen molar-refractivity contribution < 1.29 is 13.9 Å². The zero-order valence-electron chi connectivity index (χ0n) is 21.8. The van der Waals surface area contributed by atoms with E-state index in [2.05, 4.69) is 16.9 Å². The second-order valence-corrected chi connectivity index (χ2v) is 10.5. The van der Waals surface area contributed by atoms with E-state index < -0.39 is 0 Å². The first-order chi connectivity index (χ1) is 17.6. The maximum absolute atomic E-state index is 13.6. The van der Waals surface area contributed by atoms with Gasteiger partial charge in [0.1, 0.15) is 0 Å². The van der Waals surface area contributed by atoms with Crippen molar-refractivity contribution in [3.05, 3.63) is 47.3 Å². The smallest absolute Gasteiger partial charge is 0.213 e. The molecule has 0 saturated carbocycles. The maximum Gasteiger partial charge on any atom is 0.213 e. The highest BCUT2D eigenvalue weighted by molar-refractivity contribution is 7.15. The summed E-state index contributed by atoms with van der Waals surface area (Å²) in [6.45, 7) is 2.26. The maximum atomic E-state index is 13.6. The van der Waals surface area contributed by atoms with E-state index in [0.717, 1.165) is 24.1 Å². The Kier molecular flexibility index (Phi) is 12.0. The fourth-order valence-electron chi connectivity index (χ4n) is 4.51. The Morgan fingerprint density at radius 1 is 1.00 bits per heavy atom. The molecule has 3 rings (SSSR count). The highest BCUT2D eigenvalue weighted by Crippen LogP contribution is 2.37. The molecule has 3 aromatic heterocycles. The van der Waals surface area contributed by atoms with E-state index in [9.17, 15) is 4.79 Å². The molecule has 1 atom stereocenters. The number of carbonyl (C=O) groups excluding carboxylic acids is 1. The number of carbonyl (C=O) groups is 1. The van der Waals surface area contributed by atoms with Gasteiger partial charge in [-0.05, 0) is 12.5 Å². The van der Waals surface area contributed by atoms with Gasteiger partial charge >= 0.3 is 0 Å². The van der Waals surface area contributed by atoms with Crippen molar-refractivity contribution in [1.82, 2.24) is 9.97 Å². The average Bonchev–Trinajstić information content (AvgIpc) is 3.55. The molecule has 0 aromatic carbocycles. The third-order valence-electron chi connectivity index (χ3n) is 6.65. The summed E-state index contributed by atoms with van der Waals surface area (Å²) in [6.07, 6.45) is 21.3. The van der Waals surface area contributed by atoms with E-state index in [4.69, 9.17) is 14.9 Å². The van der Waals surface area contributed by atoms with Crippen LogP contribution in [0.25, 0.3) is 10.8 Å². The minimum atomic E-state index is -0.261. The number of anilines is 1. The van der Waals surface area contributed by atoms with Crippen LogP contribution in [0.2, 0.25) is 0 Å².